The normalized spacial score (nSPS) is 19.2. The van der Waals surface area contributed by atoms with Gasteiger partial charge < -0.3 is 15.4 Å². The van der Waals surface area contributed by atoms with Gasteiger partial charge in [0.1, 0.15) is 12.4 Å². The number of benzene rings is 2. The van der Waals surface area contributed by atoms with Crippen molar-refractivity contribution >= 4 is 17.5 Å². The molecule has 2 aliphatic heterocycles. The summed E-state index contributed by atoms with van der Waals surface area (Å²) in [6, 6.07) is 13.6. The van der Waals surface area contributed by atoms with E-state index in [-0.39, 0.29) is 23.8 Å². The second-order valence-corrected chi connectivity index (χ2v) is 6.69. The maximum absolute atomic E-state index is 12.6. The smallest absolute Gasteiger partial charge is 0.228 e. The van der Waals surface area contributed by atoms with Gasteiger partial charge in [0.25, 0.3) is 0 Å². The van der Waals surface area contributed by atoms with Crippen LogP contribution in [0.5, 0.6) is 5.75 Å². The number of ether oxygens (including phenoxy) is 1. The van der Waals surface area contributed by atoms with Crippen molar-refractivity contribution < 1.29 is 14.3 Å². The highest BCUT2D eigenvalue weighted by Gasteiger charge is 2.27. The third kappa shape index (κ3) is 3.09. The second kappa shape index (κ2) is 6.24. The molecule has 5 heteroatoms. The Labute approximate surface area is 146 Å². The molecule has 0 saturated carbocycles. The van der Waals surface area contributed by atoms with Crippen LogP contribution in [0.15, 0.2) is 42.5 Å². The van der Waals surface area contributed by atoms with Gasteiger partial charge in [0.2, 0.25) is 11.8 Å². The van der Waals surface area contributed by atoms with E-state index >= 15 is 0 Å². The summed E-state index contributed by atoms with van der Waals surface area (Å²) in [5.41, 5.74) is 3.92. The molecular formula is C20H20N2O3. The number of carbonyl (C=O) groups is 2. The Bertz CT molecular complexity index is 847. The van der Waals surface area contributed by atoms with Gasteiger partial charge in [-0.15, -0.1) is 0 Å². The zero-order valence-corrected chi connectivity index (χ0v) is 14.0. The fraction of sp³-hybridized carbons (Fsp3) is 0.300. The summed E-state index contributed by atoms with van der Waals surface area (Å²) < 4.78 is 5.71. The van der Waals surface area contributed by atoms with Crippen LogP contribution >= 0.6 is 0 Å². The van der Waals surface area contributed by atoms with E-state index in [2.05, 4.69) is 10.6 Å². The first-order chi connectivity index (χ1) is 12.1. The lowest BCUT2D eigenvalue weighted by Gasteiger charge is -2.26. The molecule has 5 nitrogen and oxygen atoms in total. The highest BCUT2D eigenvalue weighted by Crippen LogP contribution is 2.29. The predicted molar refractivity (Wildman–Crippen MR) is 94.5 cm³/mol. The molecule has 128 valence electrons. The van der Waals surface area contributed by atoms with Crippen molar-refractivity contribution in [2.24, 2.45) is 5.92 Å². The zero-order valence-electron chi connectivity index (χ0n) is 14.0. The first kappa shape index (κ1) is 15.7. The fourth-order valence-electron chi connectivity index (χ4n) is 3.43. The minimum atomic E-state index is -0.185. The standard InChI is InChI=1S/C20H20N2O3/c1-12(13-6-7-17-15(8-13)10-19(23)22-17)21-20(24)16-9-14-4-2-3-5-18(14)25-11-16/h2-8,12,16H,9-11H2,1H3,(H,21,24)(H,22,23). The molecule has 2 amide bonds. The Balaban J connectivity index is 1.43. The molecule has 2 N–H and O–H groups in total. The highest BCUT2D eigenvalue weighted by molar-refractivity contribution is 5.99. The van der Waals surface area contributed by atoms with Crippen LogP contribution in [0.4, 0.5) is 5.69 Å². The number of hydrogen-bond donors (Lipinski definition) is 2. The molecule has 2 atom stereocenters. The van der Waals surface area contributed by atoms with E-state index < -0.39 is 0 Å². The summed E-state index contributed by atoms with van der Waals surface area (Å²) in [6.07, 6.45) is 1.09. The summed E-state index contributed by atoms with van der Waals surface area (Å²) in [5.74, 6) is 0.698. The maximum Gasteiger partial charge on any atom is 0.228 e. The summed E-state index contributed by atoms with van der Waals surface area (Å²) in [5, 5.41) is 5.90. The molecule has 2 unspecified atom stereocenters. The Kier molecular flexibility index (Phi) is 3.92. The van der Waals surface area contributed by atoms with Gasteiger partial charge in [-0.05, 0) is 42.2 Å². The quantitative estimate of drug-likeness (QED) is 0.905. The zero-order chi connectivity index (χ0) is 17.4. The molecule has 0 aromatic heterocycles. The average Bonchev–Trinajstić information content (AvgIpc) is 3.00. The third-order valence-electron chi connectivity index (χ3n) is 4.86. The molecule has 2 aliphatic rings. The Morgan fingerprint density at radius 1 is 1.24 bits per heavy atom. The maximum atomic E-state index is 12.6. The monoisotopic (exact) mass is 336 g/mol. The van der Waals surface area contributed by atoms with Crippen LogP contribution in [-0.4, -0.2) is 18.4 Å². The number of fused-ring (bicyclic) bond motifs is 2. The van der Waals surface area contributed by atoms with Gasteiger partial charge in [0.15, 0.2) is 0 Å². The van der Waals surface area contributed by atoms with Crippen molar-refractivity contribution in [3.63, 3.8) is 0 Å². The lowest BCUT2D eigenvalue weighted by molar-refractivity contribution is -0.127. The van der Waals surface area contributed by atoms with Gasteiger partial charge in [-0.1, -0.05) is 30.3 Å². The van der Waals surface area contributed by atoms with Crippen LogP contribution in [0.3, 0.4) is 0 Å². The van der Waals surface area contributed by atoms with E-state index in [1.807, 2.05) is 49.4 Å². The van der Waals surface area contributed by atoms with Gasteiger partial charge in [0.05, 0.1) is 18.4 Å². The Morgan fingerprint density at radius 3 is 2.96 bits per heavy atom. The van der Waals surface area contributed by atoms with Crippen molar-refractivity contribution in [2.75, 3.05) is 11.9 Å². The van der Waals surface area contributed by atoms with Crippen LogP contribution in [0, 0.1) is 5.92 Å². The SMILES string of the molecule is CC(NC(=O)C1COc2ccccc2C1)c1ccc2c(c1)CC(=O)N2. The Morgan fingerprint density at radius 2 is 2.08 bits per heavy atom. The number of nitrogens with one attached hydrogen (secondary N) is 2. The summed E-state index contributed by atoms with van der Waals surface area (Å²) >= 11 is 0. The molecule has 0 radical (unpaired) electrons. The van der Waals surface area contributed by atoms with E-state index in [9.17, 15) is 9.59 Å². The van der Waals surface area contributed by atoms with Gasteiger partial charge >= 0.3 is 0 Å². The first-order valence-corrected chi connectivity index (χ1v) is 8.54. The fourth-order valence-corrected chi connectivity index (χ4v) is 3.43. The number of amides is 2. The molecule has 2 aromatic rings. The molecule has 0 saturated heterocycles. The highest BCUT2D eigenvalue weighted by atomic mass is 16.5. The minimum Gasteiger partial charge on any atom is -0.492 e. The largest absolute Gasteiger partial charge is 0.492 e. The van der Waals surface area contributed by atoms with Crippen LogP contribution in [-0.2, 0) is 22.4 Å². The molecule has 25 heavy (non-hydrogen) atoms. The minimum absolute atomic E-state index is 0.00305. The molecule has 0 fully saturated rings. The van der Waals surface area contributed by atoms with Crippen molar-refractivity contribution in [1.29, 1.82) is 0 Å². The lowest BCUT2D eigenvalue weighted by atomic mass is 9.95. The lowest BCUT2D eigenvalue weighted by Crippen LogP contribution is -2.38. The summed E-state index contributed by atoms with van der Waals surface area (Å²) in [4.78, 5) is 24.1. The molecule has 4 rings (SSSR count). The molecule has 2 heterocycles. The topological polar surface area (TPSA) is 67.4 Å². The van der Waals surface area contributed by atoms with E-state index in [0.29, 0.717) is 19.4 Å². The van der Waals surface area contributed by atoms with E-state index in [0.717, 1.165) is 28.1 Å². The van der Waals surface area contributed by atoms with Crippen molar-refractivity contribution in [3.8, 4) is 5.75 Å². The average molecular weight is 336 g/mol. The number of para-hydroxylation sites is 1. The number of carbonyl (C=O) groups excluding carboxylic acids is 2. The number of anilines is 1. The van der Waals surface area contributed by atoms with Crippen LogP contribution in [0.1, 0.15) is 29.7 Å². The van der Waals surface area contributed by atoms with E-state index in [1.54, 1.807) is 0 Å². The molecule has 0 bridgehead atoms. The van der Waals surface area contributed by atoms with Gasteiger partial charge in [0, 0.05) is 5.69 Å². The van der Waals surface area contributed by atoms with Crippen LogP contribution < -0.4 is 15.4 Å². The van der Waals surface area contributed by atoms with E-state index in [4.69, 9.17) is 4.74 Å². The Hall–Kier alpha value is -2.82. The molecule has 0 spiro atoms. The molecule has 2 aromatic carbocycles. The number of rotatable bonds is 3. The summed E-state index contributed by atoms with van der Waals surface area (Å²) in [6.45, 7) is 2.36. The summed E-state index contributed by atoms with van der Waals surface area (Å²) in [7, 11) is 0. The predicted octanol–water partition coefficient (Wildman–Crippen LogP) is 2.61. The van der Waals surface area contributed by atoms with Crippen molar-refractivity contribution in [1.82, 2.24) is 5.32 Å². The van der Waals surface area contributed by atoms with Gasteiger partial charge in [-0.3, -0.25) is 9.59 Å². The molecular weight excluding hydrogens is 316 g/mol. The van der Waals surface area contributed by atoms with Crippen LogP contribution in [0.25, 0.3) is 0 Å². The first-order valence-electron chi connectivity index (χ1n) is 8.54. The van der Waals surface area contributed by atoms with E-state index in [1.165, 1.54) is 0 Å². The van der Waals surface area contributed by atoms with Crippen LogP contribution in [0.2, 0.25) is 0 Å². The van der Waals surface area contributed by atoms with Gasteiger partial charge in [-0.2, -0.15) is 0 Å². The molecule has 0 aliphatic carbocycles. The third-order valence-corrected chi connectivity index (χ3v) is 4.86. The van der Waals surface area contributed by atoms with Crippen molar-refractivity contribution in [2.45, 2.75) is 25.8 Å². The number of hydrogen-bond acceptors (Lipinski definition) is 3. The van der Waals surface area contributed by atoms with Crippen molar-refractivity contribution in [3.05, 3.63) is 59.2 Å². The second-order valence-electron chi connectivity index (χ2n) is 6.69. The van der Waals surface area contributed by atoms with Gasteiger partial charge in [-0.25, -0.2) is 0 Å².